The molecule has 0 amide bonds. The molecule has 1 aliphatic rings. The highest BCUT2D eigenvalue weighted by molar-refractivity contribution is 7.94. The SMILES string of the molecule is O=S(=O)(O)CN(CS(=O)(=O)O)S(=O)(=O)c1nn2cc(-c3ccc(OCCN4CCOCC4)cc3)nc2s1. The van der Waals surface area contributed by atoms with E-state index in [1.165, 1.54) is 6.20 Å². The van der Waals surface area contributed by atoms with Crippen molar-refractivity contribution in [2.45, 2.75) is 4.34 Å². The predicted octanol–water partition coefficient (Wildman–Crippen LogP) is -0.150. The lowest BCUT2D eigenvalue weighted by molar-refractivity contribution is 0.0322. The number of fused-ring (bicyclic) bond motifs is 1. The van der Waals surface area contributed by atoms with Gasteiger partial charge < -0.3 is 9.47 Å². The van der Waals surface area contributed by atoms with Gasteiger partial charge in [0, 0.05) is 25.2 Å². The third-order valence-electron chi connectivity index (χ3n) is 5.13. The van der Waals surface area contributed by atoms with E-state index in [2.05, 4.69) is 15.0 Å². The van der Waals surface area contributed by atoms with Gasteiger partial charge in [0.05, 0.1) is 25.1 Å². The molecular formula is C18H23N5O10S4. The van der Waals surface area contributed by atoms with Gasteiger partial charge in [0.2, 0.25) is 9.30 Å². The highest BCUT2D eigenvalue weighted by Crippen LogP contribution is 2.27. The van der Waals surface area contributed by atoms with E-state index >= 15 is 0 Å². The van der Waals surface area contributed by atoms with Gasteiger partial charge in [-0.25, -0.2) is 17.9 Å². The Bertz CT molecular complexity index is 1490. The number of aromatic nitrogens is 3. The number of sulfonamides is 1. The number of morpholine rings is 1. The number of nitrogens with zero attached hydrogens (tertiary/aromatic N) is 5. The molecule has 0 bridgehead atoms. The molecule has 37 heavy (non-hydrogen) atoms. The lowest BCUT2D eigenvalue weighted by atomic mass is 10.2. The standard InChI is InChI=1S/C18H23N5O10S4/c24-35(25,26)12-22(13-36(27,28)29)37(30,31)18-20-23-11-16(19-17(23)34-18)14-1-3-15(4-2-14)33-10-7-21-5-8-32-9-6-21/h1-4,11H,5-10,12-13H2,(H,24,25,26)(H,27,28,29). The summed E-state index contributed by atoms with van der Waals surface area (Å²) in [4.78, 5) is 6.70. The van der Waals surface area contributed by atoms with Crippen molar-refractivity contribution in [3.8, 4) is 17.0 Å². The maximum atomic E-state index is 12.8. The van der Waals surface area contributed by atoms with E-state index in [1.807, 2.05) is 0 Å². The lowest BCUT2D eigenvalue weighted by Crippen LogP contribution is -2.39. The van der Waals surface area contributed by atoms with Crippen LogP contribution in [0.5, 0.6) is 5.75 Å². The number of hydrogen-bond donors (Lipinski definition) is 2. The fraction of sp³-hybridized carbons (Fsp3) is 0.444. The molecule has 1 saturated heterocycles. The van der Waals surface area contributed by atoms with Crippen molar-refractivity contribution in [1.82, 2.24) is 23.8 Å². The second kappa shape index (κ2) is 10.9. The summed E-state index contributed by atoms with van der Waals surface area (Å²) in [5.74, 6) is -2.52. The zero-order valence-corrected chi connectivity index (χ0v) is 22.3. The molecule has 0 saturated carbocycles. The molecule has 204 valence electrons. The molecule has 1 aliphatic heterocycles. The monoisotopic (exact) mass is 597 g/mol. The van der Waals surface area contributed by atoms with Crippen LogP contribution in [0.4, 0.5) is 0 Å². The Labute approximate surface area is 216 Å². The molecule has 1 fully saturated rings. The molecule has 3 heterocycles. The van der Waals surface area contributed by atoms with E-state index in [9.17, 15) is 25.3 Å². The van der Waals surface area contributed by atoms with E-state index in [1.54, 1.807) is 24.3 Å². The van der Waals surface area contributed by atoms with Crippen molar-refractivity contribution in [3.63, 3.8) is 0 Å². The minimum absolute atomic E-state index is 0.116. The Hall–Kier alpha value is -2.23. The summed E-state index contributed by atoms with van der Waals surface area (Å²) in [6.07, 6.45) is 1.44. The lowest BCUT2D eigenvalue weighted by Gasteiger charge is -2.26. The fourth-order valence-corrected chi connectivity index (χ4v) is 8.34. The van der Waals surface area contributed by atoms with Gasteiger partial charge >= 0.3 is 0 Å². The molecule has 1 aromatic carbocycles. The predicted molar refractivity (Wildman–Crippen MR) is 131 cm³/mol. The van der Waals surface area contributed by atoms with E-state index in [4.69, 9.17) is 18.6 Å². The minimum atomic E-state index is -4.95. The first-order valence-corrected chi connectivity index (χ1v) is 16.1. The first-order valence-electron chi connectivity index (χ1n) is 10.6. The summed E-state index contributed by atoms with van der Waals surface area (Å²) in [5.41, 5.74) is 1.16. The van der Waals surface area contributed by atoms with Crippen LogP contribution in [0, 0.1) is 0 Å². The van der Waals surface area contributed by atoms with E-state index in [-0.39, 0.29) is 9.27 Å². The Morgan fingerprint density at radius 3 is 2.19 bits per heavy atom. The molecule has 2 aromatic heterocycles. The Morgan fingerprint density at radius 2 is 1.62 bits per heavy atom. The normalized spacial score (nSPS) is 16.0. The summed E-state index contributed by atoms with van der Waals surface area (Å²) in [6, 6.07) is 7.09. The highest BCUT2D eigenvalue weighted by atomic mass is 32.3. The largest absolute Gasteiger partial charge is 0.492 e. The van der Waals surface area contributed by atoms with Crippen LogP contribution in [0.25, 0.3) is 16.2 Å². The molecule has 0 unspecified atom stereocenters. The molecule has 0 aliphatic carbocycles. The van der Waals surface area contributed by atoms with Crippen molar-refractivity contribution in [2.24, 2.45) is 0 Å². The molecule has 0 radical (unpaired) electrons. The maximum Gasteiger partial charge on any atom is 0.279 e. The zero-order valence-electron chi connectivity index (χ0n) is 19.1. The third kappa shape index (κ3) is 7.42. The quantitative estimate of drug-likeness (QED) is 0.277. The van der Waals surface area contributed by atoms with Crippen LogP contribution in [-0.2, 0) is 35.0 Å². The van der Waals surface area contributed by atoms with Gasteiger partial charge in [-0.15, -0.1) is 5.10 Å². The highest BCUT2D eigenvalue weighted by Gasteiger charge is 2.35. The van der Waals surface area contributed by atoms with Crippen LogP contribution in [0.2, 0.25) is 0 Å². The van der Waals surface area contributed by atoms with Crippen LogP contribution < -0.4 is 4.74 Å². The maximum absolute atomic E-state index is 12.8. The van der Waals surface area contributed by atoms with Gasteiger partial charge in [0.15, 0.2) is 0 Å². The number of rotatable bonds is 11. The average molecular weight is 598 g/mol. The first-order chi connectivity index (χ1) is 17.3. The van der Waals surface area contributed by atoms with Crippen LogP contribution in [0.15, 0.2) is 34.8 Å². The van der Waals surface area contributed by atoms with Gasteiger partial charge in [-0.1, -0.05) is 11.3 Å². The number of hydrogen-bond acceptors (Lipinski definition) is 12. The van der Waals surface area contributed by atoms with Crippen LogP contribution in [-0.4, -0.2) is 109 Å². The first kappa shape index (κ1) is 27.8. The molecule has 0 atom stereocenters. The fourth-order valence-electron chi connectivity index (χ4n) is 3.41. The smallest absolute Gasteiger partial charge is 0.279 e. The summed E-state index contributed by atoms with van der Waals surface area (Å²) < 4.78 is 99.9. The summed E-state index contributed by atoms with van der Waals surface area (Å²) in [6.45, 7) is 4.48. The van der Waals surface area contributed by atoms with Gasteiger partial charge in [-0.2, -0.15) is 21.1 Å². The van der Waals surface area contributed by atoms with Crippen molar-refractivity contribution >= 4 is 46.6 Å². The van der Waals surface area contributed by atoms with Crippen LogP contribution in [0.1, 0.15) is 0 Å². The van der Waals surface area contributed by atoms with Crippen molar-refractivity contribution in [3.05, 3.63) is 30.5 Å². The molecule has 15 nitrogen and oxygen atoms in total. The van der Waals surface area contributed by atoms with Crippen molar-refractivity contribution < 1.29 is 43.8 Å². The molecule has 19 heteroatoms. The summed E-state index contributed by atoms with van der Waals surface area (Å²) in [7, 11) is -14.7. The third-order valence-corrected chi connectivity index (χ3v) is 9.79. The van der Waals surface area contributed by atoms with E-state index in [0.29, 0.717) is 48.2 Å². The van der Waals surface area contributed by atoms with Crippen molar-refractivity contribution in [1.29, 1.82) is 0 Å². The number of imidazole rings is 1. The Kier molecular flexibility index (Phi) is 8.16. The molecule has 3 aromatic rings. The van der Waals surface area contributed by atoms with Gasteiger partial charge in [0.25, 0.3) is 30.3 Å². The van der Waals surface area contributed by atoms with Crippen LogP contribution >= 0.6 is 11.3 Å². The van der Waals surface area contributed by atoms with E-state index in [0.717, 1.165) is 24.1 Å². The molecule has 2 N–H and O–H groups in total. The number of benzene rings is 1. The van der Waals surface area contributed by atoms with Gasteiger partial charge in [-0.05, 0) is 24.3 Å². The molecule has 0 spiro atoms. The Morgan fingerprint density at radius 1 is 1.00 bits per heavy atom. The summed E-state index contributed by atoms with van der Waals surface area (Å²) in [5, 5.41) is 3.87. The van der Waals surface area contributed by atoms with Gasteiger partial charge in [0.1, 0.15) is 24.1 Å². The summed E-state index contributed by atoms with van der Waals surface area (Å²) >= 11 is 0.548. The van der Waals surface area contributed by atoms with Crippen LogP contribution in [0.3, 0.4) is 0 Å². The molecular weight excluding hydrogens is 574 g/mol. The minimum Gasteiger partial charge on any atom is -0.492 e. The second-order valence-corrected chi connectivity index (χ2v) is 13.8. The Balaban J connectivity index is 1.47. The second-order valence-electron chi connectivity index (χ2n) is 7.93. The average Bonchev–Trinajstić information content (AvgIpc) is 3.38. The zero-order chi connectivity index (χ0) is 26.8. The van der Waals surface area contributed by atoms with E-state index < -0.39 is 46.4 Å². The topological polar surface area (TPSA) is 198 Å². The number of ether oxygens (including phenoxy) is 2. The molecule has 4 rings (SSSR count). The van der Waals surface area contributed by atoms with Gasteiger partial charge in [-0.3, -0.25) is 14.0 Å². The van der Waals surface area contributed by atoms with Crippen molar-refractivity contribution in [2.75, 3.05) is 51.2 Å².